The molecule has 342 valence electrons. The normalized spacial score (nSPS) is 11.9. The maximum Gasteiger partial charge on any atom is 0.306 e. The summed E-state index contributed by atoms with van der Waals surface area (Å²) in [6.45, 7) is 1.96. The van der Waals surface area contributed by atoms with Gasteiger partial charge < -0.3 is 34.7 Å². The van der Waals surface area contributed by atoms with Crippen molar-refractivity contribution in [2.45, 2.75) is 129 Å². The fourth-order valence-corrected chi connectivity index (χ4v) is 6.67. The Hall–Kier alpha value is -3.61. The molecule has 0 unspecified atom stereocenters. The molecule has 0 radical (unpaired) electrons. The number of amides is 2. The molecule has 0 saturated carbocycles. The van der Waals surface area contributed by atoms with Crippen molar-refractivity contribution in [1.29, 1.82) is 0 Å². The quantitative estimate of drug-likeness (QED) is 0.0364. The van der Waals surface area contributed by atoms with E-state index in [9.17, 15) is 42.3 Å². The lowest BCUT2D eigenvalue weighted by Crippen LogP contribution is -2.29. The van der Waals surface area contributed by atoms with Crippen molar-refractivity contribution < 1.29 is 65.8 Å². The van der Waals surface area contributed by atoms with Gasteiger partial charge in [-0.15, -0.1) is 0 Å². The third-order valence-corrected chi connectivity index (χ3v) is 10.4. The van der Waals surface area contributed by atoms with Crippen LogP contribution in [0.15, 0.2) is 24.3 Å². The van der Waals surface area contributed by atoms with Crippen LogP contribution in [0.5, 0.6) is 0 Å². The number of rotatable bonds is 42. The molecule has 1 aromatic rings. The minimum atomic E-state index is -3.84. The Morgan fingerprint density at radius 3 is 1.72 bits per heavy atom. The van der Waals surface area contributed by atoms with Crippen LogP contribution in [0.4, 0.5) is 0 Å². The second-order valence-electron chi connectivity index (χ2n) is 14.9. The van der Waals surface area contributed by atoms with E-state index in [1.165, 1.54) is 6.42 Å². The van der Waals surface area contributed by atoms with Crippen molar-refractivity contribution in [1.82, 2.24) is 10.6 Å². The van der Waals surface area contributed by atoms with Crippen LogP contribution < -0.4 is 10.6 Å². The smallest absolute Gasteiger partial charge is 0.306 e. The lowest BCUT2D eigenvalue weighted by atomic mass is 9.94. The van der Waals surface area contributed by atoms with Crippen molar-refractivity contribution >= 4 is 45.8 Å². The highest BCUT2D eigenvalue weighted by molar-refractivity contribution is 7.85. The average molecular weight is 871 g/mol. The summed E-state index contributed by atoms with van der Waals surface area (Å²) in [6.07, 6.45) is 14.8. The zero-order valence-electron chi connectivity index (χ0n) is 35.4. The van der Waals surface area contributed by atoms with E-state index < -0.39 is 22.0 Å². The number of hydrogen-bond acceptors (Lipinski definition) is 12. The molecule has 0 aromatic heterocycles. The van der Waals surface area contributed by atoms with E-state index in [1.54, 1.807) is 24.3 Å². The summed E-state index contributed by atoms with van der Waals surface area (Å²) in [5.74, 6) is -2.89. The molecule has 60 heavy (non-hydrogen) atoms. The van der Waals surface area contributed by atoms with Crippen molar-refractivity contribution in [2.24, 2.45) is 5.92 Å². The van der Waals surface area contributed by atoms with E-state index in [2.05, 4.69) is 10.6 Å². The van der Waals surface area contributed by atoms with Crippen LogP contribution in [0.3, 0.4) is 0 Å². The Labute approximate surface area is 356 Å². The number of carboxylic acid groups (broad SMARTS) is 1. The third-order valence-electron chi connectivity index (χ3n) is 9.56. The minimum Gasteiger partial charge on any atom is -0.481 e. The van der Waals surface area contributed by atoms with Crippen LogP contribution in [0, 0.1) is 5.92 Å². The fourth-order valence-electron chi connectivity index (χ4n) is 6.10. The van der Waals surface area contributed by atoms with Crippen LogP contribution >= 0.6 is 0 Å². The van der Waals surface area contributed by atoms with Gasteiger partial charge in [-0.05, 0) is 31.2 Å². The van der Waals surface area contributed by atoms with Crippen LogP contribution in [0.2, 0.25) is 0 Å². The number of aliphatic carboxylic acids is 1. The highest BCUT2D eigenvalue weighted by atomic mass is 32.2. The molecule has 1 atom stereocenters. The monoisotopic (exact) mass is 870 g/mol. The number of ketones is 2. The largest absolute Gasteiger partial charge is 0.481 e. The Morgan fingerprint density at radius 2 is 1.13 bits per heavy atom. The second kappa shape index (κ2) is 36.1. The number of benzene rings is 1. The number of hydrogen-bond donors (Lipinski definition) is 4. The van der Waals surface area contributed by atoms with Crippen molar-refractivity contribution in [3.05, 3.63) is 35.4 Å². The zero-order chi connectivity index (χ0) is 44.1. The van der Waals surface area contributed by atoms with E-state index in [1.807, 2.05) is 0 Å². The summed E-state index contributed by atoms with van der Waals surface area (Å²) in [5.41, 5.74) is 1.44. The van der Waals surface area contributed by atoms with Crippen LogP contribution in [-0.2, 0) is 59.6 Å². The zero-order valence-corrected chi connectivity index (χ0v) is 36.2. The van der Waals surface area contributed by atoms with Gasteiger partial charge in [0.25, 0.3) is 10.1 Å². The summed E-state index contributed by atoms with van der Waals surface area (Å²) >= 11 is 0. The van der Waals surface area contributed by atoms with Crippen LogP contribution in [0.1, 0.15) is 138 Å². The SMILES string of the molecule is O=Cc1ccc(CNC(=O)COCCOCCCC(=O)COCCOCCNC(=O)CC[C@H](CC(=O)CCCCCCCCCCCCCCCS(=O)(=O)O)C(=O)O)cc1. The Morgan fingerprint density at radius 1 is 0.600 bits per heavy atom. The van der Waals surface area contributed by atoms with E-state index in [4.69, 9.17) is 23.5 Å². The van der Waals surface area contributed by atoms with E-state index in [-0.39, 0.29) is 101 Å². The minimum absolute atomic E-state index is 0.00757. The molecule has 4 N–H and O–H groups in total. The number of carbonyl (C=O) groups is 6. The lowest BCUT2D eigenvalue weighted by molar-refractivity contribution is -0.144. The highest BCUT2D eigenvalue weighted by Crippen LogP contribution is 2.17. The number of aldehydes is 1. The van der Waals surface area contributed by atoms with Gasteiger partial charge in [0.15, 0.2) is 5.78 Å². The number of nitrogens with one attached hydrogen (secondary N) is 2. The Kier molecular flexibility index (Phi) is 32.7. The van der Waals surface area contributed by atoms with E-state index >= 15 is 0 Å². The standard InChI is InChI=1S/C43H70N2O14S/c46-33-37-19-17-36(18-20-37)32-45-42(50)35-59-29-26-56-24-14-16-40(48)34-58-28-27-57-25-23-44-41(49)22-21-38(43(51)52)31-39(47)15-12-10-8-6-4-2-1-3-5-7-9-11-13-30-60(53,54)55/h17-20,33,38H,1-16,21-32,34-35H2,(H,44,49)(H,45,50)(H,51,52)(H,53,54,55)/t38-/m1/s1. The maximum atomic E-state index is 12.4. The summed E-state index contributed by atoms with van der Waals surface area (Å²) < 4.78 is 51.6. The first-order valence-electron chi connectivity index (χ1n) is 21.5. The molecule has 0 aliphatic heterocycles. The first-order chi connectivity index (χ1) is 28.9. The maximum absolute atomic E-state index is 12.4. The van der Waals surface area contributed by atoms with E-state index in [0.29, 0.717) is 44.4 Å². The predicted molar refractivity (Wildman–Crippen MR) is 225 cm³/mol. The van der Waals surface area contributed by atoms with Gasteiger partial charge in [-0.3, -0.25) is 33.3 Å². The molecule has 0 fully saturated rings. The van der Waals surface area contributed by atoms with Gasteiger partial charge in [0, 0.05) is 50.9 Å². The van der Waals surface area contributed by atoms with Gasteiger partial charge in [0.1, 0.15) is 25.3 Å². The van der Waals surface area contributed by atoms with Crippen molar-refractivity contribution in [3.63, 3.8) is 0 Å². The molecule has 2 amide bonds. The Bertz CT molecular complexity index is 1460. The molecule has 0 saturated heterocycles. The summed E-state index contributed by atoms with van der Waals surface area (Å²) in [5, 5.41) is 15.0. The molecule has 0 spiro atoms. The van der Waals surface area contributed by atoms with E-state index in [0.717, 1.165) is 82.5 Å². The number of unbranched alkanes of at least 4 members (excludes halogenated alkanes) is 12. The molecular formula is C43H70N2O14S. The first kappa shape index (κ1) is 54.4. The Balaban J connectivity index is 1.92. The van der Waals surface area contributed by atoms with Gasteiger partial charge in [-0.2, -0.15) is 8.42 Å². The molecule has 0 bridgehead atoms. The van der Waals surface area contributed by atoms with Gasteiger partial charge in [-0.25, -0.2) is 0 Å². The fraction of sp³-hybridized carbons (Fsp3) is 0.721. The van der Waals surface area contributed by atoms with Gasteiger partial charge in [0.2, 0.25) is 11.8 Å². The topological polar surface area (TPSA) is 238 Å². The average Bonchev–Trinajstić information content (AvgIpc) is 3.21. The number of ether oxygens (including phenoxy) is 4. The molecule has 0 aliphatic carbocycles. The van der Waals surface area contributed by atoms with Crippen LogP contribution in [0.25, 0.3) is 0 Å². The summed E-state index contributed by atoms with van der Waals surface area (Å²) in [4.78, 5) is 70.9. The number of carboxylic acids is 1. The van der Waals surface area contributed by atoms with Gasteiger partial charge in [-0.1, -0.05) is 94.9 Å². The van der Waals surface area contributed by atoms with Gasteiger partial charge >= 0.3 is 5.97 Å². The first-order valence-corrected chi connectivity index (χ1v) is 23.1. The van der Waals surface area contributed by atoms with Crippen LogP contribution in [-0.4, -0.2) is 119 Å². The van der Waals surface area contributed by atoms with Gasteiger partial charge in [0.05, 0.1) is 44.7 Å². The molecule has 0 aliphatic rings. The second-order valence-corrected chi connectivity index (χ2v) is 16.5. The molecular weight excluding hydrogens is 801 g/mol. The third kappa shape index (κ3) is 34.1. The summed E-state index contributed by atoms with van der Waals surface area (Å²) in [7, 11) is -3.84. The van der Waals surface area contributed by atoms with Crippen molar-refractivity contribution in [3.8, 4) is 0 Å². The van der Waals surface area contributed by atoms with Crippen molar-refractivity contribution in [2.75, 3.05) is 65.2 Å². The predicted octanol–water partition coefficient (Wildman–Crippen LogP) is 5.44. The lowest BCUT2D eigenvalue weighted by Gasteiger charge is -2.12. The summed E-state index contributed by atoms with van der Waals surface area (Å²) in [6, 6.07) is 6.89. The molecule has 16 nitrogen and oxygen atoms in total. The molecule has 1 rings (SSSR count). The number of carbonyl (C=O) groups excluding carboxylic acids is 5. The molecule has 0 heterocycles. The molecule has 1 aromatic carbocycles. The highest BCUT2D eigenvalue weighted by Gasteiger charge is 2.22. The number of Topliss-reactive ketones (excluding diaryl/α,β-unsaturated/α-hetero) is 2. The molecule has 17 heteroatoms.